The summed E-state index contributed by atoms with van der Waals surface area (Å²) in [5, 5.41) is 10.0. The molecule has 1 aromatic rings. The normalized spacial score (nSPS) is 19.6. The SMILES string of the molecule is N/C(C(=O)O)=C(/C1CCCO1)N(N)c1ccccc1F. The molecule has 0 aliphatic carbocycles. The van der Waals surface area contributed by atoms with Crippen molar-refractivity contribution in [1.82, 2.24) is 0 Å². The zero-order valence-electron chi connectivity index (χ0n) is 10.8. The number of carboxylic acid groups (broad SMARTS) is 1. The van der Waals surface area contributed by atoms with Gasteiger partial charge in [0.25, 0.3) is 0 Å². The first kappa shape index (κ1) is 14.3. The smallest absolute Gasteiger partial charge is 0.353 e. The van der Waals surface area contributed by atoms with E-state index in [9.17, 15) is 9.18 Å². The summed E-state index contributed by atoms with van der Waals surface area (Å²) in [5.41, 5.74) is 5.26. The number of hydrogen-bond acceptors (Lipinski definition) is 5. The van der Waals surface area contributed by atoms with Crippen molar-refractivity contribution < 1.29 is 19.0 Å². The maximum Gasteiger partial charge on any atom is 0.353 e. The van der Waals surface area contributed by atoms with Crippen LogP contribution in [0, 0.1) is 5.82 Å². The highest BCUT2D eigenvalue weighted by molar-refractivity contribution is 5.87. The Hall–Kier alpha value is -2.12. The molecular formula is C13H16FN3O3. The van der Waals surface area contributed by atoms with Crippen LogP contribution in [0.15, 0.2) is 35.7 Å². The van der Waals surface area contributed by atoms with Crippen molar-refractivity contribution in [2.24, 2.45) is 11.6 Å². The largest absolute Gasteiger partial charge is 0.477 e. The van der Waals surface area contributed by atoms with E-state index in [0.29, 0.717) is 13.0 Å². The Morgan fingerprint density at radius 1 is 1.45 bits per heavy atom. The molecule has 0 amide bonds. The fourth-order valence-corrected chi connectivity index (χ4v) is 2.14. The fraction of sp³-hybridized carbons (Fsp3) is 0.308. The molecule has 1 aromatic carbocycles. The van der Waals surface area contributed by atoms with E-state index in [0.717, 1.165) is 11.4 Å². The average molecular weight is 281 g/mol. The molecule has 7 heteroatoms. The number of para-hydroxylation sites is 1. The topological polar surface area (TPSA) is 102 Å². The minimum atomic E-state index is -1.32. The Bertz CT molecular complexity index is 541. The number of nitrogens with zero attached hydrogens (tertiary/aromatic N) is 1. The summed E-state index contributed by atoms with van der Waals surface area (Å²) in [5.74, 6) is 3.99. The molecule has 108 valence electrons. The molecule has 6 nitrogen and oxygen atoms in total. The molecule has 0 aromatic heterocycles. The minimum absolute atomic E-state index is 0.0437. The number of hydrogen-bond donors (Lipinski definition) is 3. The van der Waals surface area contributed by atoms with Crippen LogP contribution < -0.4 is 16.6 Å². The average Bonchev–Trinajstić information content (AvgIpc) is 2.93. The van der Waals surface area contributed by atoms with Gasteiger partial charge in [0, 0.05) is 6.61 Å². The summed E-state index contributed by atoms with van der Waals surface area (Å²) in [4.78, 5) is 11.1. The van der Waals surface area contributed by atoms with Crippen molar-refractivity contribution in [2.45, 2.75) is 18.9 Å². The van der Waals surface area contributed by atoms with E-state index in [1.165, 1.54) is 18.2 Å². The Morgan fingerprint density at radius 3 is 2.70 bits per heavy atom. The van der Waals surface area contributed by atoms with Gasteiger partial charge in [0.2, 0.25) is 0 Å². The molecule has 1 unspecified atom stereocenters. The van der Waals surface area contributed by atoms with Crippen LogP contribution in [0.25, 0.3) is 0 Å². The monoisotopic (exact) mass is 281 g/mol. The van der Waals surface area contributed by atoms with Gasteiger partial charge in [-0.1, -0.05) is 12.1 Å². The molecule has 1 aliphatic rings. The van der Waals surface area contributed by atoms with Crippen molar-refractivity contribution in [3.63, 3.8) is 0 Å². The molecule has 1 aliphatic heterocycles. The van der Waals surface area contributed by atoms with Crippen LogP contribution in [-0.4, -0.2) is 23.8 Å². The molecule has 5 N–H and O–H groups in total. The number of benzene rings is 1. The van der Waals surface area contributed by atoms with Gasteiger partial charge in [0.1, 0.15) is 17.6 Å². The number of anilines is 1. The Morgan fingerprint density at radius 2 is 2.15 bits per heavy atom. The van der Waals surface area contributed by atoms with Gasteiger partial charge in [-0.05, 0) is 25.0 Å². The first-order chi connectivity index (χ1) is 9.52. The second-order valence-electron chi connectivity index (χ2n) is 4.43. The van der Waals surface area contributed by atoms with Gasteiger partial charge in [-0.3, -0.25) is 5.01 Å². The Labute approximate surface area is 115 Å². The predicted molar refractivity (Wildman–Crippen MR) is 70.9 cm³/mol. The third-order valence-electron chi connectivity index (χ3n) is 3.11. The summed E-state index contributed by atoms with van der Waals surface area (Å²) in [7, 11) is 0. The van der Waals surface area contributed by atoms with E-state index < -0.39 is 23.6 Å². The molecule has 2 rings (SSSR count). The molecule has 0 saturated carbocycles. The lowest BCUT2D eigenvalue weighted by molar-refractivity contribution is -0.132. The van der Waals surface area contributed by atoms with E-state index in [2.05, 4.69) is 0 Å². The lowest BCUT2D eigenvalue weighted by atomic mass is 10.1. The molecule has 1 saturated heterocycles. The van der Waals surface area contributed by atoms with Gasteiger partial charge in [-0.2, -0.15) is 0 Å². The van der Waals surface area contributed by atoms with Crippen molar-refractivity contribution in [2.75, 3.05) is 11.6 Å². The zero-order chi connectivity index (χ0) is 14.7. The maximum atomic E-state index is 13.8. The second kappa shape index (κ2) is 5.89. The summed E-state index contributed by atoms with van der Waals surface area (Å²) in [6.45, 7) is 0.492. The minimum Gasteiger partial charge on any atom is -0.477 e. The standard InChI is InChI=1S/C13H16FN3O3/c14-8-4-1-2-5-9(8)17(16)12(11(15)13(18)19)10-6-3-7-20-10/h1-2,4-5,10H,3,6-7,15-16H2,(H,18,19)/b12-11-. The first-order valence-electron chi connectivity index (χ1n) is 6.16. The number of nitrogens with two attached hydrogens (primary N) is 2. The molecule has 0 bridgehead atoms. The van der Waals surface area contributed by atoms with Gasteiger partial charge in [0.15, 0.2) is 0 Å². The fourth-order valence-electron chi connectivity index (χ4n) is 2.14. The van der Waals surface area contributed by atoms with E-state index >= 15 is 0 Å². The molecule has 0 spiro atoms. The molecule has 20 heavy (non-hydrogen) atoms. The summed E-state index contributed by atoms with van der Waals surface area (Å²) < 4.78 is 19.2. The number of carboxylic acids is 1. The van der Waals surface area contributed by atoms with Gasteiger partial charge in [0.05, 0.1) is 11.4 Å². The molecule has 1 atom stereocenters. The van der Waals surface area contributed by atoms with E-state index in [1.807, 2.05) is 0 Å². The van der Waals surface area contributed by atoms with Crippen LogP contribution in [-0.2, 0) is 9.53 Å². The summed E-state index contributed by atoms with van der Waals surface area (Å²) in [6.07, 6.45) is 0.813. The third kappa shape index (κ3) is 2.73. The Kier molecular flexibility index (Phi) is 4.21. The van der Waals surface area contributed by atoms with E-state index in [4.69, 9.17) is 21.4 Å². The highest BCUT2D eigenvalue weighted by atomic mass is 19.1. The van der Waals surface area contributed by atoms with E-state index in [-0.39, 0.29) is 11.4 Å². The van der Waals surface area contributed by atoms with Crippen LogP contribution >= 0.6 is 0 Å². The number of carbonyl (C=O) groups is 1. The maximum absolute atomic E-state index is 13.8. The lowest BCUT2D eigenvalue weighted by Crippen LogP contribution is -2.40. The molecule has 1 fully saturated rings. The van der Waals surface area contributed by atoms with Crippen molar-refractivity contribution >= 4 is 11.7 Å². The van der Waals surface area contributed by atoms with Crippen LogP contribution in [0.1, 0.15) is 12.8 Å². The molecular weight excluding hydrogens is 265 g/mol. The molecule has 1 heterocycles. The van der Waals surface area contributed by atoms with Crippen molar-refractivity contribution in [3.05, 3.63) is 41.5 Å². The van der Waals surface area contributed by atoms with Crippen molar-refractivity contribution in [3.8, 4) is 0 Å². The second-order valence-corrected chi connectivity index (χ2v) is 4.43. The van der Waals surface area contributed by atoms with Gasteiger partial charge in [-0.15, -0.1) is 0 Å². The molecule has 0 radical (unpaired) electrons. The van der Waals surface area contributed by atoms with Gasteiger partial charge >= 0.3 is 5.97 Å². The number of ether oxygens (including phenoxy) is 1. The number of halogens is 1. The Balaban J connectivity index is 2.44. The van der Waals surface area contributed by atoms with Crippen LogP contribution in [0.4, 0.5) is 10.1 Å². The summed E-state index contributed by atoms with van der Waals surface area (Å²) >= 11 is 0. The van der Waals surface area contributed by atoms with Gasteiger partial charge < -0.3 is 15.6 Å². The lowest BCUT2D eigenvalue weighted by Gasteiger charge is -2.27. The highest BCUT2D eigenvalue weighted by Crippen LogP contribution is 2.28. The van der Waals surface area contributed by atoms with Crippen LogP contribution in [0.2, 0.25) is 0 Å². The van der Waals surface area contributed by atoms with Crippen LogP contribution in [0.3, 0.4) is 0 Å². The predicted octanol–water partition coefficient (Wildman–Crippen LogP) is 0.940. The first-order valence-corrected chi connectivity index (χ1v) is 6.16. The third-order valence-corrected chi connectivity index (χ3v) is 3.11. The zero-order valence-corrected chi connectivity index (χ0v) is 10.8. The van der Waals surface area contributed by atoms with Gasteiger partial charge in [-0.25, -0.2) is 15.0 Å². The number of hydrazine groups is 1. The number of rotatable bonds is 4. The van der Waals surface area contributed by atoms with Crippen molar-refractivity contribution in [1.29, 1.82) is 0 Å². The summed E-state index contributed by atoms with van der Waals surface area (Å²) in [6, 6.07) is 5.80. The number of aliphatic carboxylic acids is 1. The quantitative estimate of drug-likeness (QED) is 0.431. The highest BCUT2D eigenvalue weighted by Gasteiger charge is 2.29. The van der Waals surface area contributed by atoms with E-state index in [1.54, 1.807) is 6.07 Å². The van der Waals surface area contributed by atoms with Crippen LogP contribution in [0.5, 0.6) is 0 Å².